The van der Waals surface area contributed by atoms with Crippen molar-refractivity contribution in [2.45, 2.75) is 31.0 Å². The Labute approximate surface area is 164 Å². The van der Waals surface area contributed by atoms with E-state index in [1.54, 1.807) is 33.3 Å². The van der Waals surface area contributed by atoms with Crippen molar-refractivity contribution in [1.82, 2.24) is 0 Å². The first-order valence-electron chi connectivity index (χ1n) is 9.12. The molecule has 0 aliphatic carbocycles. The molecule has 0 aromatic heterocycles. The molecule has 6 heteroatoms. The van der Waals surface area contributed by atoms with Gasteiger partial charge < -0.3 is 18.9 Å². The first-order valence-corrected chi connectivity index (χ1v) is 9.12. The van der Waals surface area contributed by atoms with Crippen LogP contribution in [0.5, 0.6) is 11.5 Å². The fourth-order valence-electron chi connectivity index (χ4n) is 3.63. The van der Waals surface area contributed by atoms with Gasteiger partial charge in [-0.1, -0.05) is 36.4 Å². The number of ether oxygens (including phenoxy) is 4. The summed E-state index contributed by atoms with van der Waals surface area (Å²) in [5.41, 5.74) is -0.0593. The molecule has 3 rings (SSSR count). The van der Waals surface area contributed by atoms with Crippen LogP contribution in [0.4, 0.5) is 0 Å². The molecule has 146 valence electrons. The summed E-state index contributed by atoms with van der Waals surface area (Å²) in [4.78, 5) is 12.8. The van der Waals surface area contributed by atoms with Gasteiger partial charge in [-0.15, -0.1) is 0 Å². The smallest absolute Gasteiger partial charge is 0.354 e. The molecule has 0 bridgehead atoms. The minimum atomic E-state index is -1.73. The Morgan fingerprint density at radius 1 is 1.14 bits per heavy atom. The topological polar surface area (TPSA) is 77.8 Å². The number of benzene rings is 2. The predicted octanol–water partition coefficient (Wildman–Crippen LogP) is 3.77. The molecule has 2 aromatic rings. The van der Waals surface area contributed by atoms with Gasteiger partial charge in [0.05, 0.1) is 26.9 Å². The van der Waals surface area contributed by atoms with Crippen LogP contribution < -0.4 is 9.47 Å². The zero-order chi connectivity index (χ0) is 20.1. The van der Waals surface area contributed by atoms with E-state index in [1.807, 2.05) is 36.4 Å². The second-order valence-electron chi connectivity index (χ2n) is 6.49. The van der Waals surface area contributed by atoms with Crippen molar-refractivity contribution in [2.24, 2.45) is 0 Å². The van der Waals surface area contributed by atoms with Gasteiger partial charge >= 0.3 is 5.97 Å². The highest BCUT2D eigenvalue weighted by Crippen LogP contribution is 2.50. The van der Waals surface area contributed by atoms with Crippen LogP contribution in [-0.4, -0.2) is 32.4 Å². The zero-order valence-corrected chi connectivity index (χ0v) is 16.2. The molecule has 1 unspecified atom stereocenters. The van der Waals surface area contributed by atoms with Crippen LogP contribution in [0.1, 0.15) is 36.5 Å². The second kappa shape index (κ2) is 8.32. The van der Waals surface area contributed by atoms with Gasteiger partial charge in [0.2, 0.25) is 0 Å². The molecular weight excluding hydrogens is 358 g/mol. The summed E-state index contributed by atoms with van der Waals surface area (Å²) in [6.45, 7) is 1.87. The third-order valence-electron chi connectivity index (χ3n) is 4.99. The summed E-state index contributed by atoms with van der Waals surface area (Å²) in [7, 11) is 3.10. The van der Waals surface area contributed by atoms with Gasteiger partial charge in [0.15, 0.2) is 11.5 Å². The number of carbonyl (C=O) groups excluding carboxylic acids is 1. The highest BCUT2D eigenvalue weighted by molar-refractivity contribution is 5.85. The number of rotatable bonds is 6. The lowest BCUT2D eigenvalue weighted by molar-refractivity contribution is -0.164. The molecule has 1 saturated heterocycles. The monoisotopic (exact) mass is 381 g/mol. The van der Waals surface area contributed by atoms with Crippen molar-refractivity contribution in [3.63, 3.8) is 0 Å². The van der Waals surface area contributed by atoms with E-state index in [9.17, 15) is 10.1 Å². The van der Waals surface area contributed by atoms with Crippen molar-refractivity contribution in [3.8, 4) is 17.6 Å². The fourth-order valence-corrected chi connectivity index (χ4v) is 3.63. The zero-order valence-electron chi connectivity index (χ0n) is 16.2. The van der Waals surface area contributed by atoms with Gasteiger partial charge in [-0.05, 0) is 36.6 Å². The lowest BCUT2D eigenvalue weighted by Crippen LogP contribution is -2.43. The molecular formula is C22H23NO5. The first-order chi connectivity index (χ1) is 13.6. The van der Waals surface area contributed by atoms with E-state index in [1.165, 1.54) is 0 Å². The maximum Gasteiger partial charge on any atom is 0.354 e. The van der Waals surface area contributed by atoms with Crippen molar-refractivity contribution in [3.05, 3.63) is 59.7 Å². The van der Waals surface area contributed by atoms with Crippen LogP contribution in [0.3, 0.4) is 0 Å². The van der Waals surface area contributed by atoms with E-state index in [0.29, 0.717) is 17.9 Å². The summed E-state index contributed by atoms with van der Waals surface area (Å²) in [6.07, 6.45) is 0.0645. The van der Waals surface area contributed by atoms with Crippen LogP contribution in [0.15, 0.2) is 48.5 Å². The Morgan fingerprint density at radius 2 is 1.86 bits per heavy atom. The lowest BCUT2D eigenvalue weighted by atomic mass is 9.81. The highest BCUT2D eigenvalue weighted by atomic mass is 16.6. The maximum absolute atomic E-state index is 12.8. The molecule has 0 amide bonds. The van der Waals surface area contributed by atoms with Gasteiger partial charge in [-0.25, -0.2) is 4.79 Å². The number of hydrogen-bond donors (Lipinski definition) is 0. The minimum absolute atomic E-state index is 0.167. The molecule has 1 aliphatic rings. The predicted molar refractivity (Wildman–Crippen MR) is 102 cm³/mol. The Kier molecular flexibility index (Phi) is 5.86. The van der Waals surface area contributed by atoms with Crippen LogP contribution in [0, 0.1) is 11.3 Å². The van der Waals surface area contributed by atoms with Crippen molar-refractivity contribution >= 4 is 5.97 Å². The van der Waals surface area contributed by atoms with E-state index in [-0.39, 0.29) is 6.61 Å². The molecule has 6 nitrogen and oxygen atoms in total. The van der Waals surface area contributed by atoms with Gasteiger partial charge in [0.1, 0.15) is 6.07 Å². The molecule has 1 fully saturated rings. The van der Waals surface area contributed by atoms with Gasteiger partial charge in [-0.2, -0.15) is 5.26 Å². The number of carbonyl (C=O) groups is 1. The molecule has 1 aliphatic heterocycles. The molecule has 0 N–H and O–H groups in total. The molecule has 3 atom stereocenters. The van der Waals surface area contributed by atoms with Crippen LogP contribution >= 0.6 is 0 Å². The molecule has 2 aromatic carbocycles. The summed E-state index contributed by atoms with van der Waals surface area (Å²) >= 11 is 0. The average molecular weight is 381 g/mol. The summed E-state index contributed by atoms with van der Waals surface area (Å²) in [5.74, 6) is -0.0837. The summed E-state index contributed by atoms with van der Waals surface area (Å²) in [6, 6.07) is 17.0. The number of hydrogen-bond acceptors (Lipinski definition) is 6. The number of esters is 1. The Bertz CT molecular complexity index is 876. The Hall–Kier alpha value is -3.04. The molecule has 1 heterocycles. The third-order valence-corrected chi connectivity index (χ3v) is 4.99. The van der Waals surface area contributed by atoms with Crippen molar-refractivity contribution in [2.75, 3.05) is 20.8 Å². The highest BCUT2D eigenvalue weighted by Gasteiger charge is 2.57. The van der Waals surface area contributed by atoms with Gasteiger partial charge in [0, 0.05) is 5.92 Å². The lowest BCUT2D eigenvalue weighted by Gasteiger charge is -2.26. The normalized spacial score (nSPS) is 23.6. The van der Waals surface area contributed by atoms with Crippen molar-refractivity contribution in [1.29, 1.82) is 5.26 Å². The number of methoxy groups -OCH3 is 2. The quantitative estimate of drug-likeness (QED) is 0.709. The maximum atomic E-state index is 12.8. The molecule has 0 radical (unpaired) electrons. The third kappa shape index (κ3) is 3.41. The van der Waals surface area contributed by atoms with E-state index in [4.69, 9.17) is 18.9 Å². The van der Waals surface area contributed by atoms with E-state index in [0.717, 1.165) is 11.1 Å². The van der Waals surface area contributed by atoms with E-state index in [2.05, 4.69) is 6.07 Å². The van der Waals surface area contributed by atoms with Crippen LogP contribution in [0.2, 0.25) is 0 Å². The number of nitriles is 1. The average Bonchev–Trinajstić information content (AvgIpc) is 3.15. The first kappa shape index (κ1) is 19.7. The van der Waals surface area contributed by atoms with Gasteiger partial charge in [-0.3, -0.25) is 0 Å². The summed E-state index contributed by atoms with van der Waals surface area (Å²) in [5, 5.41) is 10.0. The van der Waals surface area contributed by atoms with Crippen LogP contribution in [-0.2, 0) is 14.3 Å². The summed E-state index contributed by atoms with van der Waals surface area (Å²) < 4.78 is 22.0. The van der Waals surface area contributed by atoms with E-state index < -0.39 is 23.6 Å². The number of nitrogens with zero attached hydrogens (tertiary/aromatic N) is 1. The Balaban J connectivity index is 2.07. The van der Waals surface area contributed by atoms with Crippen molar-refractivity contribution < 1.29 is 23.7 Å². The van der Waals surface area contributed by atoms with Gasteiger partial charge in [0.25, 0.3) is 5.60 Å². The molecule has 0 saturated carbocycles. The molecule has 28 heavy (non-hydrogen) atoms. The van der Waals surface area contributed by atoms with Crippen LogP contribution in [0.25, 0.3) is 0 Å². The second-order valence-corrected chi connectivity index (χ2v) is 6.49. The standard InChI is InChI=1S/C22H23NO5/c1-4-27-21(24)22(14-23)17(13-19(28-22)15-8-6-5-7-9-15)16-10-11-18(25-2)20(12-16)26-3/h5-12,17,19H,4,13H2,1-3H3/t17-,19-,22?/m0/s1. The minimum Gasteiger partial charge on any atom is -0.493 e. The largest absolute Gasteiger partial charge is 0.493 e. The molecule has 0 spiro atoms. The Morgan fingerprint density at radius 3 is 2.46 bits per heavy atom. The van der Waals surface area contributed by atoms with E-state index >= 15 is 0 Å². The fraction of sp³-hybridized carbons (Fsp3) is 0.364. The SMILES string of the molecule is CCOC(=O)C1(C#N)O[C@H](c2ccccc2)C[C@H]1c1ccc(OC)c(OC)c1.